The second kappa shape index (κ2) is 7.18. The molecule has 0 heterocycles. The van der Waals surface area contributed by atoms with E-state index in [9.17, 15) is 9.50 Å². The predicted octanol–water partition coefficient (Wildman–Crippen LogP) is 4.00. The Labute approximate surface area is 96.6 Å². The molecule has 1 aromatic rings. The van der Waals surface area contributed by atoms with Crippen molar-refractivity contribution in [1.29, 1.82) is 0 Å². The van der Waals surface area contributed by atoms with Crippen LogP contribution in [0.25, 0.3) is 0 Å². The zero-order valence-electron chi connectivity index (χ0n) is 9.53. The number of hydrogen-bond acceptors (Lipinski definition) is 1. The van der Waals surface area contributed by atoms with Gasteiger partial charge in [-0.05, 0) is 25.3 Å². The van der Waals surface area contributed by atoms with Crippen molar-refractivity contribution < 1.29 is 9.50 Å². The van der Waals surface area contributed by atoms with E-state index >= 15 is 0 Å². The van der Waals surface area contributed by atoms with Crippen molar-refractivity contribution in [2.75, 3.05) is 0 Å². The van der Waals surface area contributed by atoms with Gasteiger partial charge in [-0.1, -0.05) is 37.1 Å². The first-order valence-corrected chi connectivity index (χ1v) is 5.79. The normalized spacial score (nSPS) is 12.4. The molecule has 0 bridgehead atoms. The van der Waals surface area contributed by atoms with Crippen LogP contribution in [0.15, 0.2) is 36.9 Å². The highest BCUT2D eigenvalue weighted by atomic mass is 19.1. The zero-order chi connectivity index (χ0) is 11.8. The van der Waals surface area contributed by atoms with Crippen molar-refractivity contribution in [3.63, 3.8) is 0 Å². The van der Waals surface area contributed by atoms with Gasteiger partial charge in [0, 0.05) is 5.56 Å². The standard InChI is InChI=1S/C14H19FO/c1-2-3-4-5-6-11-14(16)12-9-7-8-10-13(12)15/h2,7-10,14,16H,1,3-6,11H2. The summed E-state index contributed by atoms with van der Waals surface area (Å²) in [5.74, 6) is -0.318. The van der Waals surface area contributed by atoms with Crippen molar-refractivity contribution in [2.24, 2.45) is 0 Å². The van der Waals surface area contributed by atoms with E-state index in [1.807, 2.05) is 6.08 Å². The van der Waals surface area contributed by atoms with Crippen LogP contribution in [0.1, 0.15) is 43.8 Å². The third kappa shape index (κ3) is 4.15. The molecule has 1 aromatic carbocycles. The van der Waals surface area contributed by atoms with Gasteiger partial charge in [-0.15, -0.1) is 6.58 Å². The maximum absolute atomic E-state index is 13.3. The Bertz CT molecular complexity index is 322. The maximum Gasteiger partial charge on any atom is 0.128 e. The van der Waals surface area contributed by atoms with Crippen LogP contribution >= 0.6 is 0 Å². The summed E-state index contributed by atoms with van der Waals surface area (Å²) in [5.41, 5.74) is 0.409. The minimum absolute atomic E-state index is 0.318. The molecule has 1 N–H and O–H groups in total. The molecule has 0 amide bonds. The highest BCUT2D eigenvalue weighted by molar-refractivity contribution is 5.19. The van der Waals surface area contributed by atoms with Crippen LogP contribution in [0, 0.1) is 5.82 Å². The molecule has 0 aromatic heterocycles. The number of benzene rings is 1. The summed E-state index contributed by atoms with van der Waals surface area (Å²) >= 11 is 0. The van der Waals surface area contributed by atoms with Gasteiger partial charge < -0.3 is 5.11 Å². The van der Waals surface area contributed by atoms with Gasteiger partial charge >= 0.3 is 0 Å². The smallest absolute Gasteiger partial charge is 0.128 e. The average molecular weight is 222 g/mol. The van der Waals surface area contributed by atoms with Gasteiger partial charge in [-0.25, -0.2) is 4.39 Å². The molecule has 1 atom stereocenters. The molecule has 16 heavy (non-hydrogen) atoms. The fraction of sp³-hybridized carbons (Fsp3) is 0.429. The number of allylic oxidation sites excluding steroid dienone is 1. The Hall–Kier alpha value is -1.15. The lowest BCUT2D eigenvalue weighted by atomic mass is 10.0. The fourth-order valence-electron chi connectivity index (χ4n) is 1.70. The summed E-state index contributed by atoms with van der Waals surface area (Å²) in [7, 11) is 0. The lowest BCUT2D eigenvalue weighted by Crippen LogP contribution is -2.00. The summed E-state index contributed by atoms with van der Waals surface area (Å²) in [4.78, 5) is 0. The van der Waals surface area contributed by atoms with E-state index in [1.54, 1.807) is 18.2 Å². The minimum atomic E-state index is -0.676. The summed E-state index contributed by atoms with van der Waals surface area (Å²) in [6.45, 7) is 3.65. The molecule has 1 rings (SSSR count). The Morgan fingerprint density at radius 3 is 2.69 bits per heavy atom. The van der Waals surface area contributed by atoms with Gasteiger partial charge in [0.25, 0.3) is 0 Å². The highest BCUT2D eigenvalue weighted by Crippen LogP contribution is 2.22. The molecule has 2 heteroatoms. The summed E-state index contributed by atoms with van der Waals surface area (Å²) in [6.07, 6.45) is 5.92. The second-order valence-corrected chi connectivity index (χ2v) is 3.96. The van der Waals surface area contributed by atoms with Crippen molar-refractivity contribution in [1.82, 2.24) is 0 Å². The van der Waals surface area contributed by atoms with Gasteiger partial charge in [0.2, 0.25) is 0 Å². The van der Waals surface area contributed by atoms with Gasteiger partial charge in [-0.3, -0.25) is 0 Å². The van der Waals surface area contributed by atoms with Crippen molar-refractivity contribution in [2.45, 2.75) is 38.2 Å². The Balaban J connectivity index is 2.32. The summed E-state index contributed by atoms with van der Waals surface area (Å²) in [6, 6.07) is 6.41. The topological polar surface area (TPSA) is 20.2 Å². The van der Waals surface area contributed by atoms with Crippen LogP contribution in [-0.2, 0) is 0 Å². The highest BCUT2D eigenvalue weighted by Gasteiger charge is 2.10. The Morgan fingerprint density at radius 2 is 2.00 bits per heavy atom. The van der Waals surface area contributed by atoms with E-state index in [0.717, 1.165) is 25.7 Å². The van der Waals surface area contributed by atoms with E-state index in [1.165, 1.54) is 6.07 Å². The summed E-state index contributed by atoms with van der Waals surface area (Å²) < 4.78 is 13.3. The molecule has 0 aliphatic rings. The first-order chi connectivity index (χ1) is 7.75. The van der Waals surface area contributed by atoms with E-state index in [-0.39, 0.29) is 5.82 Å². The van der Waals surface area contributed by atoms with Crippen LogP contribution in [0.3, 0.4) is 0 Å². The maximum atomic E-state index is 13.3. The molecular formula is C14H19FO. The molecular weight excluding hydrogens is 203 g/mol. The molecule has 1 unspecified atom stereocenters. The SMILES string of the molecule is C=CCCCCCC(O)c1ccccc1F. The quantitative estimate of drug-likeness (QED) is 0.546. The van der Waals surface area contributed by atoms with Gasteiger partial charge in [0.15, 0.2) is 0 Å². The molecule has 0 aliphatic carbocycles. The number of halogens is 1. The Morgan fingerprint density at radius 1 is 1.25 bits per heavy atom. The van der Waals surface area contributed by atoms with E-state index in [0.29, 0.717) is 12.0 Å². The van der Waals surface area contributed by atoms with Gasteiger partial charge in [0.1, 0.15) is 5.82 Å². The number of rotatable bonds is 7. The number of aliphatic hydroxyl groups is 1. The average Bonchev–Trinajstić information content (AvgIpc) is 2.29. The largest absolute Gasteiger partial charge is 0.388 e. The second-order valence-electron chi connectivity index (χ2n) is 3.96. The molecule has 88 valence electrons. The van der Waals surface area contributed by atoms with Crippen LogP contribution in [0.4, 0.5) is 4.39 Å². The lowest BCUT2D eigenvalue weighted by Gasteiger charge is -2.11. The first kappa shape index (κ1) is 12.9. The van der Waals surface area contributed by atoms with Crippen LogP contribution < -0.4 is 0 Å². The number of aliphatic hydroxyl groups excluding tert-OH is 1. The monoisotopic (exact) mass is 222 g/mol. The zero-order valence-corrected chi connectivity index (χ0v) is 9.53. The van der Waals surface area contributed by atoms with Crippen molar-refractivity contribution in [3.05, 3.63) is 48.3 Å². The minimum Gasteiger partial charge on any atom is -0.388 e. The predicted molar refractivity (Wildman–Crippen MR) is 64.6 cm³/mol. The lowest BCUT2D eigenvalue weighted by molar-refractivity contribution is 0.159. The number of unbranched alkanes of at least 4 members (excludes halogenated alkanes) is 3. The third-order valence-electron chi connectivity index (χ3n) is 2.65. The van der Waals surface area contributed by atoms with Gasteiger partial charge in [-0.2, -0.15) is 0 Å². The van der Waals surface area contributed by atoms with Crippen molar-refractivity contribution >= 4 is 0 Å². The molecule has 0 saturated carbocycles. The molecule has 0 saturated heterocycles. The molecule has 0 aliphatic heterocycles. The first-order valence-electron chi connectivity index (χ1n) is 5.79. The Kier molecular flexibility index (Phi) is 5.79. The van der Waals surface area contributed by atoms with E-state index in [4.69, 9.17) is 0 Å². The molecule has 0 radical (unpaired) electrons. The van der Waals surface area contributed by atoms with Gasteiger partial charge in [0.05, 0.1) is 6.10 Å². The van der Waals surface area contributed by atoms with Crippen molar-refractivity contribution in [3.8, 4) is 0 Å². The molecule has 0 spiro atoms. The van der Waals surface area contributed by atoms with E-state index in [2.05, 4.69) is 6.58 Å². The van der Waals surface area contributed by atoms with E-state index < -0.39 is 6.10 Å². The number of hydrogen-bond donors (Lipinski definition) is 1. The molecule has 0 fully saturated rings. The van der Waals surface area contributed by atoms with Crippen LogP contribution in [-0.4, -0.2) is 5.11 Å². The van der Waals surface area contributed by atoms with Crippen LogP contribution in [0.2, 0.25) is 0 Å². The third-order valence-corrected chi connectivity index (χ3v) is 2.65. The van der Waals surface area contributed by atoms with Crippen LogP contribution in [0.5, 0.6) is 0 Å². The molecule has 1 nitrogen and oxygen atoms in total. The fourth-order valence-corrected chi connectivity index (χ4v) is 1.70. The summed E-state index contributed by atoms with van der Waals surface area (Å²) in [5, 5.41) is 9.80.